The third-order valence-corrected chi connectivity index (χ3v) is 6.05. The molecule has 2 aromatic rings. The highest BCUT2D eigenvalue weighted by Gasteiger charge is 2.30. The minimum atomic E-state index is 0.207. The second-order valence-electron chi connectivity index (χ2n) is 8.14. The van der Waals surface area contributed by atoms with Gasteiger partial charge in [0.15, 0.2) is 0 Å². The maximum Gasteiger partial charge on any atom is 0.210 e. The number of rotatable bonds is 2. The van der Waals surface area contributed by atoms with Gasteiger partial charge in [-0.2, -0.15) is 5.26 Å². The van der Waals surface area contributed by atoms with E-state index in [0.29, 0.717) is 12.0 Å². The quantitative estimate of drug-likeness (QED) is 0.449. The molecule has 0 aliphatic carbocycles. The maximum atomic E-state index is 9.24. The molecule has 2 N–H and O–H groups in total. The van der Waals surface area contributed by atoms with Gasteiger partial charge in [0, 0.05) is 37.9 Å². The number of H-pyrrole nitrogens is 1. The van der Waals surface area contributed by atoms with Crippen molar-refractivity contribution in [2.75, 3.05) is 44.7 Å². The number of nitrogens with zero attached hydrogens (tertiary/aromatic N) is 7. The fourth-order valence-corrected chi connectivity index (χ4v) is 4.36. The van der Waals surface area contributed by atoms with E-state index in [1.54, 1.807) is 6.33 Å². The number of hydrogen-bond donors (Lipinski definition) is 2. The number of nitriles is 1. The summed E-state index contributed by atoms with van der Waals surface area (Å²) in [5.41, 5.74) is 2.03. The standard InChI is InChI=1S/C20H29N9/c1-14-10-22-18-17(14)19(25-13-24-18)28-8-9-29(15(2)11-28)20(23-12-21)26-16-4-6-27(3)7-5-16/h10,13,15-16H,4-9,11H2,1-3H3,(H,23,26)(H,22,24,25)/t15-/m0/s1. The molecule has 0 radical (unpaired) electrons. The summed E-state index contributed by atoms with van der Waals surface area (Å²) in [6.07, 6.45) is 7.73. The molecule has 154 valence electrons. The molecule has 9 heteroatoms. The number of piperazine rings is 1. The van der Waals surface area contributed by atoms with Crippen LogP contribution in [0.1, 0.15) is 25.3 Å². The van der Waals surface area contributed by atoms with E-state index in [1.807, 2.05) is 12.4 Å². The molecule has 4 rings (SSSR count). The lowest BCUT2D eigenvalue weighted by molar-refractivity contribution is 0.235. The molecule has 0 saturated carbocycles. The smallest absolute Gasteiger partial charge is 0.210 e. The van der Waals surface area contributed by atoms with Crippen molar-refractivity contribution >= 4 is 22.8 Å². The van der Waals surface area contributed by atoms with Crippen LogP contribution in [0.15, 0.2) is 17.5 Å². The normalized spacial score (nSPS) is 22.1. The molecule has 2 saturated heterocycles. The van der Waals surface area contributed by atoms with Gasteiger partial charge < -0.3 is 25.0 Å². The molecule has 4 heterocycles. The first kappa shape index (κ1) is 19.5. The molecular weight excluding hydrogens is 366 g/mol. The van der Waals surface area contributed by atoms with Gasteiger partial charge in [0.05, 0.1) is 5.39 Å². The molecule has 0 bridgehead atoms. The van der Waals surface area contributed by atoms with Crippen molar-refractivity contribution < 1.29 is 0 Å². The number of likely N-dealkylation sites (tertiary alicyclic amines) is 1. The second kappa shape index (κ2) is 8.25. The topological polar surface area (TPSA) is 99.5 Å². The first-order chi connectivity index (χ1) is 14.1. The molecule has 2 aliphatic heterocycles. The van der Waals surface area contributed by atoms with Crippen LogP contribution in [0.25, 0.3) is 11.0 Å². The zero-order valence-corrected chi connectivity index (χ0v) is 17.4. The first-order valence-corrected chi connectivity index (χ1v) is 10.3. The van der Waals surface area contributed by atoms with Gasteiger partial charge in [0.1, 0.15) is 17.8 Å². The largest absolute Gasteiger partial charge is 0.352 e. The van der Waals surface area contributed by atoms with Crippen LogP contribution in [0.3, 0.4) is 0 Å². The van der Waals surface area contributed by atoms with Crippen LogP contribution >= 0.6 is 0 Å². The van der Waals surface area contributed by atoms with Gasteiger partial charge in [-0.05, 0) is 52.4 Å². The van der Waals surface area contributed by atoms with Gasteiger partial charge in [0.2, 0.25) is 12.2 Å². The number of aromatic amines is 1. The van der Waals surface area contributed by atoms with Crippen molar-refractivity contribution in [1.82, 2.24) is 30.1 Å². The molecule has 1 atom stereocenters. The van der Waals surface area contributed by atoms with E-state index >= 15 is 0 Å². The highest BCUT2D eigenvalue weighted by Crippen LogP contribution is 2.27. The van der Waals surface area contributed by atoms with Crippen LogP contribution in [0.4, 0.5) is 5.82 Å². The summed E-state index contributed by atoms with van der Waals surface area (Å²) in [4.78, 5) is 23.1. The Labute approximate surface area is 171 Å². The lowest BCUT2D eigenvalue weighted by Gasteiger charge is -2.43. The van der Waals surface area contributed by atoms with Crippen molar-refractivity contribution in [2.45, 2.75) is 38.8 Å². The van der Waals surface area contributed by atoms with Crippen molar-refractivity contribution in [3.05, 3.63) is 18.1 Å². The van der Waals surface area contributed by atoms with Gasteiger partial charge in [-0.3, -0.25) is 0 Å². The minimum Gasteiger partial charge on any atom is -0.352 e. The Morgan fingerprint density at radius 3 is 2.79 bits per heavy atom. The molecule has 29 heavy (non-hydrogen) atoms. The Morgan fingerprint density at radius 1 is 1.28 bits per heavy atom. The van der Waals surface area contributed by atoms with E-state index in [2.05, 4.69) is 60.9 Å². The summed E-state index contributed by atoms with van der Waals surface area (Å²) in [5.74, 6) is 1.68. The Kier molecular flexibility index (Phi) is 5.53. The number of aryl methyl sites for hydroxylation is 1. The van der Waals surface area contributed by atoms with Gasteiger partial charge in [-0.15, -0.1) is 4.99 Å². The lowest BCUT2D eigenvalue weighted by atomic mass is 10.1. The molecule has 2 aliphatic rings. The molecule has 2 fully saturated rings. The number of hydrogen-bond acceptors (Lipinski definition) is 6. The van der Waals surface area contributed by atoms with Gasteiger partial charge in [-0.25, -0.2) is 9.97 Å². The van der Waals surface area contributed by atoms with Gasteiger partial charge in [-0.1, -0.05) is 0 Å². The third-order valence-electron chi connectivity index (χ3n) is 6.05. The number of guanidine groups is 1. The number of piperidine rings is 1. The molecule has 0 aromatic carbocycles. The van der Waals surface area contributed by atoms with Crippen LogP contribution < -0.4 is 10.2 Å². The number of anilines is 1. The van der Waals surface area contributed by atoms with Crippen LogP contribution in [-0.2, 0) is 0 Å². The number of aromatic nitrogens is 3. The summed E-state index contributed by atoms with van der Waals surface area (Å²) in [6.45, 7) is 8.82. The van der Waals surface area contributed by atoms with Crippen LogP contribution in [0, 0.1) is 18.4 Å². The first-order valence-electron chi connectivity index (χ1n) is 10.3. The minimum absolute atomic E-state index is 0.207. The van der Waals surface area contributed by atoms with Crippen molar-refractivity contribution in [2.24, 2.45) is 4.99 Å². The number of aliphatic imine (C=N–C) groups is 1. The lowest BCUT2D eigenvalue weighted by Crippen LogP contribution is -2.59. The summed E-state index contributed by atoms with van der Waals surface area (Å²) in [7, 11) is 2.15. The summed E-state index contributed by atoms with van der Waals surface area (Å²) >= 11 is 0. The molecule has 0 spiro atoms. The highest BCUT2D eigenvalue weighted by atomic mass is 15.4. The molecular formula is C20H29N9. The SMILES string of the molecule is Cc1c[nH]c2ncnc(N3CCN(/C(=N/C#N)NC4CCN(C)CC4)[C@@H](C)C3)c12. The summed E-state index contributed by atoms with van der Waals surface area (Å²) in [6, 6.07) is 0.575. The zero-order valence-electron chi connectivity index (χ0n) is 17.4. The van der Waals surface area contributed by atoms with Crippen LogP contribution in [-0.4, -0.2) is 82.6 Å². The Hall–Kier alpha value is -2.86. The Balaban J connectivity index is 1.48. The van der Waals surface area contributed by atoms with Crippen LogP contribution in [0.2, 0.25) is 0 Å². The predicted molar refractivity (Wildman–Crippen MR) is 114 cm³/mol. The fourth-order valence-electron chi connectivity index (χ4n) is 4.36. The van der Waals surface area contributed by atoms with E-state index < -0.39 is 0 Å². The van der Waals surface area contributed by atoms with E-state index in [0.717, 1.165) is 68.0 Å². The third kappa shape index (κ3) is 3.98. The van der Waals surface area contributed by atoms with Gasteiger partial charge >= 0.3 is 0 Å². The van der Waals surface area contributed by atoms with E-state index in [1.165, 1.54) is 0 Å². The van der Waals surface area contributed by atoms with E-state index in [4.69, 9.17) is 0 Å². The molecule has 2 aromatic heterocycles. The highest BCUT2D eigenvalue weighted by molar-refractivity contribution is 5.90. The van der Waals surface area contributed by atoms with E-state index in [-0.39, 0.29) is 6.04 Å². The van der Waals surface area contributed by atoms with E-state index in [9.17, 15) is 5.26 Å². The zero-order chi connectivity index (χ0) is 20.4. The fraction of sp³-hybridized carbons (Fsp3) is 0.600. The molecule has 9 nitrogen and oxygen atoms in total. The van der Waals surface area contributed by atoms with Gasteiger partial charge in [0.25, 0.3) is 0 Å². The average molecular weight is 396 g/mol. The van der Waals surface area contributed by atoms with Crippen molar-refractivity contribution in [1.29, 1.82) is 5.26 Å². The molecule has 0 amide bonds. The second-order valence-corrected chi connectivity index (χ2v) is 8.14. The Morgan fingerprint density at radius 2 is 2.07 bits per heavy atom. The predicted octanol–water partition coefficient (Wildman–Crippen LogP) is 1.30. The average Bonchev–Trinajstić information content (AvgIpc) is 3.10. The Bertz CT molecular complexity index is 920. The molecule has 0 unspecified atom stereocenters. The number of nitrogens with one attached hydrogen (secondary N) is 2. The van der Waals surface area contributed by atoms with Crippen molar-refractivity contribution in [3.63, 3.8) is 0 Å². The monoisotopic (exact) mass is 395 g/mol. The van der Waals surface area contributed by atoms with Crippen LogP contribution in [0.5, 0.6) is 0 Å². The van der Waals surface area contributed by atoms with Crippen molar-refractivity contribution in [3.8, 4) is 6.19 Å². The summed E-state index contributed by atoms with van der Waals surface area (Å²) in [5, 5.41) is 13.9. The summed E-state index contributed by atoms with van der Waals surface area (Å²) < 4.78 is 0. The maximum absolute atomic E-state index is 9.24. The number of fused-ring (bicyclic) bond motifs is 1.